The van der Waals surface area contributed by atoms with Crippen molar-refractivity contribution in [3.63, 3.8) is 0 Å². The maximum atomic E-state index is 9.73. The van der Waals surface area contributed by atoms with Crippen LogP contribution in [0.15, 0.2) is 72.8 Å². The number of rotatable bonds is 5. The predicted octanol–water partition coefficient (Wildman–Crippen LogP) is 3.57. The molecule has 0 amide bonds. The molecule has 0 saturated heterocycles. The van der Waals surface area contributed by atoms with Gasteiger partial charge in [0, 0.05) is 25.0 Å². The fourth-order valence-corrected chi connectivity index (χ4v) is 3.16. The molecule has 0 aliphatic carbocycles. The Morgan fingerprint density at radius 3 is 2.05 bits per heavy atom. The Hall–Kier alpha value is -2.16. The third-order valence-electron chi connectivity index (χ3n) is 4.26. The van der Waals surface area contributed by atoms with Crippen LogP contribution in [-0.2, 0) is 0 Å². The number of aliphatic hydroxyl groups is 2. The summed E-state index contributed by atoms with van der Waals surface area (Å²) >= 11 is 0. The molecular formula is C20H20O2. The Bertz CT molecular complexity index is 728. The van der Waals surface area contributed by atoms with Crippen molar-refractivity contribution in [2.45, 2.75) is 5.92 Å². The fourth-order valence-electron chi connectivity index (χ4n) is 3.16. The van der Waals surface area contributed by atoms with Crippen LogP contribution in [0.1, 0.15) is 17.0 Å². The van der Waals surface area contributed by atoms with E-state index in [0.29, 0.717) is 0 Å². The summed E-state index contributed by atoms with van der Waals surface area (Å²) in [5, 5.41) is 21.8. The van der Waals surface area contributed by atoms with E-state index in [1.807, 2.05) is 36.4 Å². The summed E-state index contributed by atoms with van der Waals surface area (Å²) in [6.07, 6.45) is 0. The molecule has 0 radical (unpaired) electrons. The van der Waals surface area contributed by atoms with Crippen LogP contribution < -0.4 is 0 Å². The van der Waals surface area contributed by atoms with E-state index in [9.17, 15) is 10.2 Å². The first-order valence-corrected chi connectivity index (χ1v) is 7.59. The summed E-state index contributed by atoms with van der Waals surface area (Å²) in [6, 6.07) is 24.6. The minimum absolute atomic E-state index is 0.0256. The van der Waals surface area contributed by atoms with Gasteiger partial charge in [-0.15, -0.1) is 0 Å². The molecule has 0 fully saturated rings. The summed E-state index contributed by atoms with van der Waals surface area (Å²) in [7, 11) is 0. The molecule has 22 heavy (non-hydrogen) atoms. The second-order valence-electron chi connectivity index (χ2n) is 5.58. The van der Waals surface area contributed by atoms with Gasteiger partial charge in [-0.05, 0) is 21.9 Å². The monoisotopic (exact) mass is 292 g/mol. The van der Waals surface area contributed by atoms with Crippen molar-refractivity contribution in [3.8, 4) is 0 Å². The zero-order chi connectivity index (χ0) is 15.4. The second kappa shape index (κ2) is 6.73. The average molecular weight is 292 g/mol. The smallest absolute Gasteiger partial charge is 0.0490 e. The molecule has 3 aromatic rings. The molecule has 1 atom stereocenters. The molecule has 3 rings (SSSR count). The van der Waals surface area contributed by atoms with Crippen molar-refractivity contribution in [1.82, 2.24) is 0 Å². The van der Waals surface area contributed by atoms with E-state index in [1.165, 1.54) is 10.8 Å². The second-order valence-corrected chi connectivity index (χ2v) is 5.58. The van der Waals surface area contributed by atoms with Crippen LogP contribution >= 0.6 is 0 Å². The van der Waals surface area contributed by atoms with Crippen molar-refractivity contribution >= 4 is 10.8 Å². The Morgan fingerprint density at radius 2 is 1.32 bits per heavy atom. The molecule has 0 aliphatic heterocycles. The van der Waals surface area contributed by atoms with Gasteiger partial charge in [0.15, 0.2) is 0 Å². The standard InChI is InChI=1S/C20H20O2/c21-13-17(14-22)20(16-8-2-1-3-9-16)19-12-6-10-15-7-4-5-11-18(15)19/h1-12,17,20-22H,13-14H2/t20-/m0/s1. The maximum Gasteiger partial charge on any atom is 0.0490 e. The third kappa shape index (κ3) is 2.76. The molecule has 0 aliphatic rings. The fraction of sp³-hybridized carbons (Fsp3) is 0.200. The number of hydrogen-bond acceptors (Lipinski definition) is 2. The minimum atomic E-state index is -0.215. The summed E-state index contributed by atoms with van der Waals surface area (Å²) < 4.78 is 0. The van der Waals surface area contributed by atoms with Gasteiger partial charge >= 0.3 is 0 Å². The average Bonchev–Trinajstić information content (AvgIpc) is 2.60. The number of fused-ring (bicyclic) bond motifs is 1. The Kier molecular flexibility index (Phi) is 4.52. The van der Waals surface area contributed by atoms with Crippen LogP contribution in [0.3, 0.4) is 0 Å². The topological polar surface area (TPSA) is 40.5 Å². The first-order valence-electron chi connectivity index (χ1n) is 7.59. The van der Waals surface area contributed by atoms with Crippen molar-refractivity contribution in [2.75, 3.05) is 13.2 Å². The van der Waals surface area contributed by atoms with Crippen LogP contribution in [0, 0.1) is 5.92 Å². The van der Waals surface area contributed by atoms with E-state index in [1.54, 1.807) is 0 Å². The van der Waals surface area contributed by atoms with E-state index in [4.69, 9.17) is 0 Å². The molecule has 2 heteroatoms. The zero-order valence-corrected chi connectivity index (χ0v) is 12.4. The van der Waals surface area contributed by atoms with E-state index in [-0.39, 0.29) is 25.0 Å². The first kappa shape index (κ1) is 14.8. The molecular weight excluding hydrogens is 272 g/mol. The van der Waals surface area contributed by atoms with Gasteiger partial charge in [-0.2, -0.15) is 0 Å². The van der Waals surface area contributed by atoms with Gasteiger partial charge in [-0.25, -0.2) is 0 Å². The highest BCUT2D eigenvalue weighted by Gasteiger charge is 2.25. The van der Waals surface area contributed by atoms with E-state index >= 15 is 0 Å². The molecule has 0 spiro atoms. The number of benzene rings is 3. The van der Waals surface area contributed by atoms with Crippen LogP contribution in [0.4, 0.5) is 0 Å². The first-order chi connectivity index (χ1) is 10.8. The predicted molar refractivity (Wildman–Crippen MR) is 89.9 cm³/mol. The van der Waals surface area contributed by atoms with Gasteiger partial charge in [0.2, 0.25) is 0 Å². The Balaban J connectivity index is 2.20. The molecule has 112 valence electrons. The van der Waals surface area contributed by atoms with Gasteiger partial charge in [-0.1, -0.05) is 72.8 Å². The molecule has 0 aromatic heterocycles. The van der Waals surface area contributed by atoms with Crippen molar-refractivity contribution < 1.29 is 10.2 Å². The van der Waals surface area contributed by atoms with Gasteiger partial charge in [0.1, 0.15) is 0 Å². The van der Waals surface area contributed by atoms with Crippen LogP contribution in [0.5, 0.6) is 0 Å². The van der Waals surface area contributed by atoms with Gasteiger partial charge in [0.05, 0.1) is 0 Å². The molecule has 3 aromatic carbocycles. The lowest BCUT2D eigenvalue weighted by atomic mass is 9.79. The van der Waals surface area contributed by atoms with Crippen LogP contribution in [0.2, 0.25) is 0 Å². The highest BCUT2D eigenvalue weighted by atomic mass is 16.3. The number of hydrogen-bond donors (Lipinski definition) is 2. The number of aliphatic hydroxyl groups excluding tert-OH is 2. The van der Waals surface area contributed by atoms with Gasteiger partial charge < -0.3 is 10.2 Å². The summed E-state index contributed by atoms with van der Waals surface area (Å²) in [5.41, 5.74) is 2.27. The van der Waals surface area contributed by atoms with Crippen molar-refractivity contribution in [3.05, 3.63) is 83.9 Å². The molecule has 0 unspecified atom stereocenters. The molecule has 0 saturated carbocycles. The van der Waals surface area contributed by atoms with Crippen LogP contribution in [0.25, 0.3) is 10.8 Å². The lowest BCUT2D eigenvalue weighted by Gasteiger charge is -2.26. The normalized spacial score (nSPS) is 12.7. The van der Waals surface area contributed by atoms with E-state index < -0.39 is 0 Å². The Morgan fingerprint density at radius 1 is 0.682 bits per heavy atom. The SMILES string of the molecule is OCC(CO)[C@H](c1ccccc1)c1cccc2ccccc12. The zero-order valence-electron chi connectivity index (χ0n) is 12.4. The van der Waals surface area contributed by atoms with Crippen molar-refractivity contribution in [1.29, 1.82) is 0 Å². The molecule has 2 N–H and O–H groups in total. The summed E-state index contributed by atoms with van der Waals surface area (Å²) in [6.45, 7) is -0.0848. The van der Waals surface area contributed by atoms with Crippen molar-refractivity contribution in [2.24, 2.45) is 5.92 Å². The summed E-state index contributed by atoms with van der Waals surface area (Å²) in [4.78, 5) is 0. The van der Waals surface area contributed by atoms with E-state index in [0.717, 1.165) is 11.1 Å². The third-order valence-corrected chi connectivity index (χ3v) is 4.26. The largest absolute Gasteiger partial charge is 0.396 e. The van der Waals surface area contributed by atoms with Gasteiger partial charge in [0.25, 0.3) is 0 Å². The quantitative estimate of drug-likeness (QED) is 0.754. The molecule has 0 heterocycles. The minimum Gasteiger partial charge on any atom is -0.396 e. The molecule has 0 bridgehead atoms. The highest BCUT2D eigenvalue weighted by Crippen LogP contribution is 2.36. The molecule has 2 nitrogen and oxygen atoms in total. The highest BCUT2D eigenvalue weighted by molar-refractivity contribution is 5.86. The maximum absolute atomic E-state index is 9.73. The van der Waals surface area contributed by atoms with Gasteiger partial charge in [-0.3, -0.25) is 0 Å². The Labute approximate surface area is 130 Å². The lowest BCUT2D eigenvalue weighted by molar-refractivity contribution is 0.139. The van der Waals surface area contributed by atoms with E-state index in [2.05, 4.69) is 36.4 Å². The summed E-state index contributed by atoms with van der Waals surface area (Å²) in [5.74, 6) is -0.240. The van der Waals surface area contributed by atoms with Crippen LogP contribution in [-0.4, -0.2) is 23.4 Å². The lowest BCUT2D eigenvalue weighted by Crippen LogP contribution is -2.22.